The van der Waals surface area contributed by atoms with Crippen LogP contribution in [0.5, 0.6) is 0 Å². The zero-order valence-electron chi connectivity index (χ0n) is 9.63. The summed E-state index contributed by atoms with van der Waals surface area (Å²) in [6.07, 6.45) is 2.72. The maximum absolute atomic E-state index is 13.2. The summed E-state index contributed by atoms with van der Waals surface area (Å²) in [5, 5.41) is 3.58. The van der Waals surface area contributed by atoms with E-state index in [1.54, 1.807) is 0 Å². The number of hydrogen-bond donors (Lipinski definition) is 1. The van der Waals surface area contributed by atoms with E-state index >= 15 is 0 Å². The first-order valence-electron chi connectivity index (χ1n) is 6.17. The van der Waals surface area contributed by atoms with Crippen LogP contribution in [0, 0.1) is 11.7 Å². The number of nitrogens with one attached hydrogen (secondary N) is 1. The lowest BCUT2D eigenvalue weighted by Gasteiger charge is -2.35. The summed E-state index contributed by atoms with van der Waals surface area (Å²) < 4.78 is 13.8. The second-order valence-corrected chi connectivity index (χ2v) is 5.80. The molecule has 0 bridgehead atoms. The molecule has 3 rings (SSSR count). The van der Waals surface area contributed by atoms with Crippen LogP contribution in [-0.4, -0.2) is 25.7 Å². The number of piperazine rings is 1. The number of anilines is 1. The molecule has 2 nitrogen and oxygen atoms in total. The van der Waals surface area contributed by atoms with Gasteiger partial charge in [0.05, 0.1) is 4.47 Å². The monoisotopic (exact) mass is 298 g/mol. The van der Waals surface area contributed by atoms with E-state index in [2.05, 4.69) is 26.1 Å². The topological polar surface area (TPSA) is 15.3 Å². The van der Waals surface area contributed by atoms with Gasteiger partial charge < -0.3 is 10.2 Å². The van der Waals surface area contributed by atoms with Gasteiger partial charge in [0.15, 0.2) is 0 Å². The highest BCUT2D eigenvalue weighted by Gasteiger charge is 2.34. The molecule has 1 aliphatic heterocycles. The summed E-state index contributed by atoms with van der Waals surface area (Å²) in [5.41, 5.74) is 1.12. The van der Waals surface area contributed by atoms with Gasteiger partial charge in [-0.3, -0.25) is 0 Å². The molecular weight excluding hydrogens is 283 g/mol. The normalized spacial score (nSPS) is 25.1. The van der Waals surface area contributed by atoms with Gasteiger partial charge in [-0.1, -0.05) is 0 Å². The van der Waals surface area contributed by atoms with Crippen molar-refractivity contribution in [3.05, 3.63) is 28.5 Å². The summed E-state index contributed by atoms with van der Waals surface area (Å²) in [6, 6.07) is 5.90. The smallest absolute Gasteiger partial charge is 0.137 e. The molecule has 92 valence electrons. The standard InChI is InChI=1S/C13H16BrFN2/c14-11-7-10(3-4-12(11)15)17-6-5-16-13(8-17)9-1-2-9/h3-4,7,9,13,16H,1-2,5-6,8H2. The highest BCUT2D eigenvalue weighted by molar-refractivity contribution is 9.10. The van der Waals surface area contributed by atoms with Crippen LogP contribution in [0.1, 0.15) is 12.8 Å². The molecule has 1 atom stereocenters. The van der Waals surface area contributed by atoms with Crippen LogP contribution in [0.3, 0.4) is 0 Å². The predicted octanol–water partition coefficient (Wildman–Crippen LogP) is 2.78. The molecule has 1 aromatic rings. The molecule has 0 amide bonds. The van der Waals surface area contributed by atoms with Crippen molar-refractivity contribution >= 4 is 21.6 Å². The molecule has 0 radical (unpaired) electrons. The lowest BCUT2D eigenvalue weighted by Crippen LogP contribution is -2.51. The third kappa shape index (κ3) is 2.47. The largest absolute Gasteiger partial charge is 0.369 e. The van der Waals surface area contributed by atoms with Crippen molar-refractivity contribution in [2.24, 2.45) is 5.92 Å². The first-order valence-corrected chi connectivity index (χ1v) is 6.97. The maximum atomic E-state index is 13.2. The Morgan fingerprint density at radius 3 is 2.88 bits per heavy atom. The highest BCUT2D eigenvalue weighted by Crippen LogP contribution is 2.34. The van der Waals surface area contributed by atoms with Gasteiger partial charge in [0.2, 0.25) is 0 Å². The van der Waals surface area contributed by atoms with Crippen molar-refractivity contribution in [1.29, 1.82) is 0 Å². The van der Waals surface area contributed by atoms with Crippen molar-refractivity contribution in [2.75, 3.05) is 24.5 Å². The molecule has 1 saturated heterocycles. The lowest BCUT2D eigenvalue weighted by atomic mass is 10.1. The van der Waals surface area contributed by atoms with E-state index in [1.165, 1.54) is 18.9 Å². The average molecular weight is 299 g/mol. The Bertz CT molecular complexity index is 420. The number of halogens is 2. The third-order valence-electron chi connectivity index (χ3n) is 3.66. The fourth-order valence-electron chi connectivity index (χ4n) is 2.51. The zero-order chi connectivity index (χ0) is 11.8. The van der Waals surface area contributed by atoms with E-state index in [0.29, 0.717) is 10.5 Å². The fourth-order valence-corrected chi connectivity index (χ4v) is 2.88. The quantitative estimate of drug-likeness (QED) is 0.903. The van der Waals surface area contributed by atoms with Crippen molar-refractivity contribution in [2.45, 2.75) is 18.9 Å². The van der Waals surface area contributed by atoms with E-state index in [4.69, 9.17) is 0 Å². The number of rotatable bonds is 2. The Labute approximate surface area is 109 Å². The van der Waals surface area contributed by atoms with Crippen molar-refractivity contribution in [1.82, 2.24) is 5.32 Å². The van der Waals surface area contributed by atoms with E-state index in [9.17, 15) is 4.39 Å². The highest BCUT2D eigenvalue weighted by atomic mass is 79.9. The van der Waals surface area contributed by atoms with Crippen LogP contribution in [0.4, 0.5) is 10.1 Å². The molecule has 1 unspecified atom stereocenters. The van der Waals surface area contributed by atoms with Gasteiger partial charge >= 0.3 is 0 Å². The summed E-state index contributed by atoms with van der Waals surface area (Å²) in [5.74, 6) is 0.671. The summed E-state index contributed by atoms with van der Waals surface area (Å²) in [4.78, 5) is 2.35. The van der Waals surface area contributed by atoms with Crippen LogP contribution in [-0.2, 0) is 0 Å². The van der Waals surface area contributed by atoms with Crippen LogP contribution in [0.25, 0.3) is 0 Å². The van der Waals surface area contributed by atoms with Gasteiger partial charge in [0, 0.05) is 31.4 Å². The minimum Gasteiger partial charge on any atom is -0.369 e. The Balaban J connectivity index is 1.75. The lowest BCUT2D eigenvalue weighted by molar-refractivity contribution is 0.419. The van der Waals surface area contributed by atoms with Crippen molar-refractivity contribution < 1.29 is 4.39 Å². The first kappa shape index (κ1) is 11.5. The molecule has 0 aromatic heterocycles. The predicted molar refractivity (Wildman–Crippen MR) is 70.8 cm³/mol. The molecule has 1 saturated carbocycles. The minimum absolute atomic E-state index is 0.192. The molecule has 1 aliphatic carbocycles. The molecule has 1 heterocycles. The molecule has 1 aromatic carbocycles. The second kappa shape index (κ2) is 4.58. The Morgan fingerprint density at radius 1 is 1.35 bits per heavy atom. The van der Waals surface area contributed by atoms with Gasteiger partial charge in [-0.15, -0.1) is 0 Å². The van der Waals surface area contributed by atoms with Gasteiger partial charge in [0.1, 0.15) is 5.82 Å². The SMILES string of the molecule is Fc1ccc(N2CCNC(C3CC3)C2)cc1Br. The summed E-state index contributed by atoms with van der Waals surface area (Å²) >= 11 is 3.25. The molecule has 17 heavy (non-hydrogen) atoms. The van der Waals surface area contributed by atoms with Gasteiger partial charge in [-0.25, -0.2) is 4.39 Å². The Hall–Kier alpha value is -0.610. The fraction of sp³-hybridized carbons (Fsp3) is 0.538. The van der Waals surface area contributed by atoms with Crippen LogP contribution in [0.2, 0.25) is 0 Å². The van der Waals surface area contributed by atoms with E-state index < -0.39 is 0 Å². The van der Waals surface area contributed by atoms with Crippen LogP contribution in [0.15, 0.2) is 22.7 Å². The minimum atomic E-state index is -0.192. The number of hydrogen-bond acceptors (Lipinski definition) is 2. The molecule has 2 aliphatic rings. The van der Waals surface area contributed by atoms with Gasteiger partial charge in [-0.05, 0) is 52.9 Å². The van der Waals surface area contributed by atoms with E-state index in [1.807, 2.05) is 12.1 Å². The molecule has 2 fully saturated rings. The third-order valence-corrected chi connectivity index (χ3v) is 4.27. The Morgan fingerprint density at radius 2 is 2.18 bits per heavy atom. The van der Waals surface area contributed by atoms with Crippen molar-refractivity contribution in [3.8, 4) is 0 Å². The molecular formula is C13H16BrFN2. The second-order valence-electron chi connectivity index (χ2n) is 4.94. The van der Waals surface area contributed by atoms with E-state index in [0.717, 1.165) is 31.2 Å². The van der Waals surface area contributed by atoms with Crippen molar-refractivity contribution in [3.63, 3.8) is 0 Å². The zero-order valence-corrected chi connectivity index (χ0v) is 11.2. The van der Waals surface area contributed by atoms with E-state index in [-0.39, 0.29) is 5.82 Å². The number of nitrogens with zero attached hydrogens (tertiary/aromatic N) is 1. The molecule has 1 N–H and O–H groups in total. The average Bonchev–Trinajstić information content (AvgIpc) is 3.17. The molecule has 0 spiro atoms. The summed E-state index contributed by atoms with van der Waals surface area (Å²) in [6.45, 7) is 3.07. The van der Waals surface area contributed by atoms with Gasteiger partial charge in [0.25, 0.3) is 0 Å². The van der Waals surface area contributed by atoms with Crippen LogP contribution >= 0.6 is 15.9 Å². The summed E-state index contributed by atoms with van der Waals surface area (Å²) in [7, 11) is 0. The molecule has 4 heteroatoms. The van der Waals surface area contributed by atoms with Crippen LogP contribution < -0.4 is 10.2 Å². The van der Waals surface area contributed by atoms with Gasteiger partial charge in [-0.2, -0.15) is 0 Å². The number of benzene rings is 1. The Kier molecular flexibility index (Phi) is 3.09. The first-order chi connectivity index (χ1) is 8.24. The maximum Gasteiger partial charge on any atom is 0.137 e.